The van der Waals surface area contributed by atoms with Crippen LogP contribution >= 0.6 is 0 Å². The summed E-state index contributed by atoms with van der Waals surface area (Å²) < 4.78 is 0. The van der Waals surface area contributed by atoms with E-state index in [-0.39, 0.29) is 35.9 Å². The number of ketones is 1. The van der Waals surface area contributed by atoms with Crippen molar-refractivity contribution in [3.8, 4) is 0 Å². The van der Waals surface area contributed by atoms with E-state index in [9.17, 15) is 14.4 Å². The quantitative estimate of drug-likeness (QED) is 0.589. The maximum Gasteiger partial charge on any atom is 0.335 e. The zero-order chi connectivity index (χ0) is 13.4. The molecule has 1 saturated heterocycles. The molecule has 0 bridgehead atoms. The Balaban J connectivity index is 2.53. The minimum absolute atomic E-state index is 0.000231. The molecule has 1 aromatic rings. The number of nitrogens with two attached hydrogens (primary N) is 1. The largest absolute Gasteiger partial charge is 0.478 e. The molecule has 94 valence electrons. The van der Waals surface area contributed by atoms with Crippen LogP contribution in [0.2, 0.25) is 0 Å². The van der Waals surface area contributed by atoms with Gasteiger partial charge < -0.3 is 15.7 Å². The van der Waals surface area contributed by atoms with Crippen molar-refractivity contribution in [2.24, 2.45) is 0 Å². The van der Waals surface area contributed by atoms with E-state index >= 15 is 0 Å². The molecular weight excluding hydrogens is 236 g/mol. The topological polar surface area (TPSA) is 101 Å². The Morgan fingerprint density at radius 3 is 2.56 bits per heavy atom. The number of anilines is 2. The minimum Gasteiger partial charge on any atom is -0.478 e. The first-order valence-corrected chi connectivity index (χ1v) is 5.35. The number of hydrogen-bond acceptors (Lipinski definition) is 4. The summed E-state index contributed by atoms with van der Waals surface area (Å²) in [6, 6.07) is 2.70. The van der Waals surface area contributed by atoms with Crippen LogP contribution in [0, 0.1) is 6.92 Å². The first kappa shape index (κ1) is 12.1. The van der Waals surface area contributed by atoms with Crippen molar-refractivity contribution in [2.45, 2.75) is 13.3 Å². The normalized spacial score (nSPS) is 15.3. The van der Waals surface area contributed by atoms with Gasteiger partial charge in [0.2, 0.25) is 5.91 Å². The van der Waals surface area contributed by atoms with Gasteiger partial charge in [-0.3, -0.25) is 9.59 Å². The van der Waals surface area contributed by atoms with Gasteiger partial charge in [-0.25, -0.2) is 4.79 Å². The van der Waals surface area contributed by atoms with Crippen molar-refractivity contribution >= 4 is 29.0 Å². The van der Waals surface area contributed by atoms with Crippen LogP contribution in [0.15, 0.2) is 12.1 Å². The van der Waals surface area contributed by atoms with Crippen molar-refractivity contribution in [3.63, 3.8) is 0 Å². The van der Waals surface area contributed by atoms with Gasteiger partial charge >= 0.3 is 5.97 Å². The number of nitrogen functional groups attached to an aromatic ring is 1. The van der Waals surface area contributed by atoms with Gasteiger partial charge in [-0.1, -0.05) is 0 Å². The minimum atomic E-state index is -1.12. The molecule has 3 N–H and O–H groups in total. The van der Waals surface area contributed by atoms with Gasteiger partial charge in [-0.2, -0.15) is 0 Å². The van der Waals surface area contributed by atoms with E-state index in [1.807, 2.05) is 0 Å². The molecule has 18 heavy (non-hydrogen) atoms. The molecular formula is C12H12N2O4. The maximum atomic E-state index is 11.6. The van der Waals surface area contributed by atoms with Crippen LogP contribution in [-0.2, 0) is 9.59 Å². The Hall–Kier alpha value is -2.37. The molecule has 1 aromatic carbocycles. The average Bonchev–Trinajstić information content (AvgIpc) is 2.61. The zero-order valence-electron chi connectivity index (χ0n) is 9.77. The number of carboxylic acid groups (broad SMARTS) is 1. The molecule has 0 radical (unpaired) electrons. The number of carbonyl (C=O) groups excluding carboxylic acids is 2. The van der Waals surface area contributed by atoms with E-state index in [1.165, 1.54) is 17.0 Å². The monoisotopic (exact) mass is 248 g/mol. The summed E-state index contributed by atoms with van der Waals surface area (Å²) in [5.74, 6) is -1.63. The molecule has 0 atom stereocenters. The number of aromatic carboxylic acids is 1. The Kier molecular flexibility index (Phi) is 2.78. The molecule has 0 unspecified atom stereocenters. The molecule has 0 aromatic heterocycles. The first-order chi connectivity index (χ1) is 8.40. The lowest BCUT2D eigenvalue weighted by atomic mass is 10.1. The Morgan fingerprint density at radius 1 is 1.39 bits per heavy atom. The standard InChI is InChI=1S/C12H12N2O4/c1-6-9(13)2-7(12(17)18)3-10(6)14-5-8(15)4-11(14)16/h2-3H,4-5,13H2,1H3,(H,17,18). The molecule has 1 fully saturated rings. The molecule has 1 amide bonds. The van der Waals surface area contributed by atoms with Gasteiger partial charge in [0.15, 0.2) is 5.78 Å². The van der Waals surface area contributed by atoms with E-state index in [1.54, 1.807) is 6.92 Å². The van der Waals surface area contributed by atoms with E-state index in [0.717, 1.165) is 0 Å². The number of nitrogens with zero attached hydrogens (tertiary/aromatic N) is 1. The highest BCUT2D eigenvalue weighted by atomic mass is 16.4. The van der Waals surface area contributed by atoms with Crippen molar-refractivity contribution in [3.05, 3.63) is 23.3 Å². The predicted molar refractivity (Wildman–Crippen MR) is 64.5 cm³/mol. The molecule has 0 saturated carbocycles. The number of Topliss-reactive ketones (excluding diaryl/α,β-unsaturated/α-hetero) is 1. The first-order valence-electron chi connectivity index (χ1n) is 5.35. The molecule has 0 aliphatic carbocycles. The van der Waals surface area contributed by atoms with Crippen molar-refractivity contribution in [2.75, 3.05) is 17.2 Å². The average molecular weight is 248 g/mol. The van der Waals surface area contributed by atoms with Crippen LogP contribution in [0.3, 0.4) is 0 Å². The molecule has 0 spiro atoms. The summed E-state index contributed by atoms with van der Waals surface area (Å²) >= 11 is 0. The lowest BCUT2D eigenvalue weighted by molar-refractivity contribution is -0.121. The summed E-state index contributed by atoms with van der Waals surface area (Å²) in [6.45, 7) is 1.66. The second-order valence-electron chi connectivity index (χ2n) is 4.21. The summed E-state index contributed by atoms with van der Waals surface area (Å²) in [5.41, 5.74) is 7.00. The lowest BCUT2D eigenvalue weighted by Crippen LogP contribution is -2.26. The van der Waals surface area contributed by atoms with Crippen molar-refractivity contribution in [1.29, 1.82) is 0 Å². The number of carboxylic acids is 1. The Labute approximate surface area is 103 Å². The van der Waals surface area contributed by atoms with Gasteiger partial charge in [0.1, 0.15) is 0 Å². The number of amides is 1. The van der Waals surface area contributed by atoms with Crippen LogP contribution in [0.25, 0.3) is 0 Å². The molecule has 1 aliphatic heterocycles. The molecule has 6 heteroatoms. The third-order valence-electron chi connectivity index (χ3n) is 2.94. The third-order valence-corrected chi connectivity index (χ3v) is 2.94. The highest BCUT2D eigenvalue weighted by Crippen LogP contribution is 2.29. The fourth-order valence-electron chi connectivity index (χ4n) is 1.93. The van der Waals surface area contributed by atoms with Crippen LogP contribution in [0.4, 0.5) is 11.4 Å². The van der Waals surface area contributed by atoms with Crippen LogP contribution < -0.4 is 10.6 Å². The summed E-state index contributed by atoms with van der Waals surface area (Å²) in [6.07, 6.45) is -0.142. The maximum absolute atomic E-state index is 11.6. The third kappa shape index (κ3) is 1.92. The van der Waals surface area contributed by atoms with Crippen molar-refractivity contribution in [1.82, 2.24) is 0 Å². The molecule has 1 aliphatic rings. The number of benzene rings is 1. The summed E-state index contributed by atoms with van der Waals surface area (Å²) in [5, 5.41) is 8.96. The zero-order valence-corrected chi connectivity index (χ0v) is 9.77. The van der Waals surface area contributed by atoms with E-state index < -0.39 is 5.97 Å². The Morgan fingerprint density at radius 2 is 2.06 bits per heavy atom. The van der Waals surface area contributed by atoms with Gasteiger partial charge in [0, 0.05) is 11.4 Å². The van der Waals surface area contributed by atoms with Crippen LogP contribution in [-0.4, -0.2) is 29.3 Å². The fourth-order valence-corrected chi connectivity index (χ4v) is 1.93. The van der Waals surface area contributed by atoms with Gasteiger partial charge in [-0.05, 0) is 24.6 Å². The SMILES string of the molecule is Cc1c(N)cc(C(=O)O)cc1N1CC(=O)CC1=O. The van der Waals surface area contributed by atoms with Crippen molar-refractivity contribution < 1.29 is 19.5 Å². The highest BCUT2D eigenvalue weighted by molar-refractivity contribution is 6.15. The van der Waals surface area contributed by atoms with Crippen LogP contribution in [0.5, 0.6) is 0 Å². The van der Waals surface area contributed by atoms with Crippen LogP contribution in [0.1, 0.15) is 22.3 Å². The predicted octanol–water partition coefficient (Wildman–Crippen LogP) is 0.581. The molecule has 1 heterocycles. The van der Waals surface area contributed by atoms with Gasteiger partial charge in [0.25, 0.3) is 0 Å². The summed E-state index contributed by atoms with van der Waals surface area (Å²) in [7, 11) is 0. The fraction of sp³-hybridized carbons (Fsp3) is 0.250. The second-order valence-corrected chi connectivity index (χ2v) is 4.21. The molecule has 2 rings (SSSR count). The van der Waals surface area contributed by atoms with Gasteiger partial charge in [-0.15, -0.1) is 0 Å². The smallest absolute Gasteiger partial charge is 0.335 e. The number of rotatable bonds is 2. The summed E-state index contributed by atoms with van der Waals surface area (Å²) in [4.78, 5) is 35.1. The second kappa shape index (κ2) is 4.14. The number of carbonyl (C=O) groups is 3. The highest BCUT2D eigenvalue weighted by Gasteiger charge is 2.30. The lowest BCUT2D eigenvalue weighted by Gasteiger charge is -2.19. The van der Waals surface area contributed by atoms with E-state index in [2.05, 4.69) is 0 Å². The number of hydrogen-bond donors (Lipinski definition) is 2. The van der Waals surface area contributed by atoms with Gasteiger partial charge in [0.05, 0.1) is 18.5 Å². The Bertz CT molecular complexity index is 565. The molecule has 6 nitrogen and oxygen atoms in total. The van der Waals surface area contributed by atoms with E-state index in [4.69, 9.17) is 10.8 Å². The van der Waals surface area contributed by atoms with E-state index in [0.29, 0.717) is 11.3 Å².